The van der Waals surface area contributed by atoms with Gasteiger partial charge in [-0.25, -0.2) is 21.5 Å². The maximum atomic E-state index is 12.3. The Morgan fingerprint density at radius 3 is 2.19 bits per heavy atom. The van der Waals surface area contributed by atoms with Crippen molar-refractivity contribution in [3.05, 3.63) is 0 Å². The molecule has 1 fully saturated rings. The molecule has 7 heteroatoms. The summed E-state index contributed by atoms with van der Waals surface area (Å²) < 4.78 is 48.4. The van der Waals surface area contributed by atoms with E-state index in [0.29, 0.717) is 25.9 Å². The van der Waals surface area contributed by atoms with Crippen LogP contribution < -0.4 is 5.32 Å². The first kappa shape index (κ1) is 13.8. The minimum absolute atomic E-state index is 0.0120. The fraction of sp³-hybridized carbons (Fsp3) is 1.00. The summed E-state index contributed by atoms with van der Waals surface area (Å²) in [5.41, 5.74) is 0. The highest BCUT2D eigenvalue weighted by Crippen LogP contribution is 2.14. The van der Waals surface area contributed by atoms with Gasteiger partial charge in [-0.3, -0.25) is 0 Å². The molecule has 0 aliphatic carbocycles. The monoisotopic (exact) mass is 256 g/mol. The summed E-state index contributed by atoms with van der Waals surface area (Å²) in [6, 6.07) is -0.850. The van der Waals surface area contributed by atoms with Crippen molar-refractivity contribution in [3.63, 3.8) is 0 Å². The lowest BCUT2D eigenvalue weighted by Gasteiger charge is -2.32. The predicted molar refractivity (Wildman–Crippen MR) is 58.0 cm³/mol. The molecule has 0 amide bonds. The fourth-order valence-electron chi connectivity index (χ4n) is 1.80. The second-order valence-electron chi connectivity index (χ2n) is 4.23. The van der Waals surface area contributed by atoms with Gasteiger partial charge in [0.1, 0.15) is 0 Å². The lowest BCUT2D eigenvalue weighted by Crippen LogP contribution is -2.48. The molecule has 0 aromatic heterocycles. The number of halogens is 2. The Hall–Kier alpha value is -0.270. The largest absolute Gasteiger partial charge is 0.306 e. The number of hydrogen-bond donors (Lipinski definition) is 1. The minimum Gasteiger partial charge on any atom is -0.306 e. The molecule has 1 atom stereocenters. The van der Waals surface area contributed by atoms with E-state index in [0.717, 1.165) is 0 Å². The quantitative estimate of drug-likeness (QED) is 0.803. The molecule has 0 radical (unpaired) electrons. The van der Waals surface area contributed by atoms with Crippen molar-refractivity contribution in [3.8, 4) is 0 Å². The third kappa shape index (κ3) is 3.95. The standard InChI is InChI=1S/C9H18F2N2O2S/c1-7(9(10)11)12-8-3-5-13(6-4-8)16(2,14)15/h7-9,12H,3-6H2,1-2H3. The smallest absolute Gasteiger partial charge is 0.253 e. The molecule has 0 bridgehead atoms. The molecule has 0 aromatic rings. The number of sulfonamides is 1. The van der Waals surface area contributed by atoms with Gasteiger partial charge in [0.15, 0.2) is 0 Å². The van der Waals surface area contributed by atoms with Crippen LogP contribution in [0.4, 0.5) is 8.78 Å². The van der Waals surface area contributed by atoms with E-state index in [1.165, 1.54) is 17.5 Å². The number of alkyl halides is 2. The van der Waals surface area contributed by atoms with Gasteiger partial charge in [-0.2, -0.15) is 0 Å². The number of piperidine rings is 1. The maximum absolute atomic E-state index is 12.3. The highest BCUT2D eigenvalue weighted by molar-refractivity contribution is 7.88. The van der Waals surface area contributed by atoms with Crippen molar-refractivity contribution in [1.29, 1.82) is 0 Å². The summed E-state index contributed by atoms with van der Waals surface area (Å²) in [5, 5.41) is 2.82. The molecule has 0 aromatic carbocycles. The van der Waals surface area contributed by atoms with Crippen LogP contribution >= 0.6 is 0 Å². The number of rotatable bonds is 4. The average molecular weight is 256 g/mol. The summed E-state index contributed by atoms with van der Waals surface area (Å²) in [5.74, 6) is 0. The lowest BCUT2D eigenvalue weighted by atomic mass is 10.1. The van der Waals surface area contributed by atoms with Crippen LogP contribution in [-0.2, 0) is 10.0 Å². The Kier molecular flexibility index (Phi) is 4.63. The molecule has 16 heavy (non-hydrogen) atoms. The Morgan fingerprint density at radius 1 is 1.31 bits per heavy atom. The zero-order valence-corrected chi connectivity index (χ0v) is 10.3. The van der Waals surface area contributed by atoms with Gasteiger partial charge in [0.05, 0.1) is 12.3 Å². The van der Waals surface area contributed by atoms with Crippen molar-refractivity contribution in [2.45, 2.75) is 38.3 Å². The van der Waals surface area contributed by atoms with E-state index in [9.17, 15) is 17.2 Å². The molecule has 0 spiro atoms. The molecule has 96 valence electrons. The van der Waals surface area contributed by atoms with Gasteiger partial charge >= 0.3 is 0 Å². The average Bonchev–Trinajstić information content (AvgIpc) is 2.17. The fourth-order valence-corrected chi connectivity index (χ4v) is 2.67. The van der Waals surface area contributed by atoms with E-state index < -0.39 is 22.5 Å². The van der Waals surface area contributed by atoms with Crippen LogP contribution in [0, 0.1) is 0 Å². The number of nitrogens with zero attached hydrogens (tertiary/aromatic N) is 1. The van der Waals surface area contributed by atoms with Gasteiger partial charge < -0.3 is 5.32 Å². The van der Waals surface area contributed by atoms with E-state index in [-0.39, 0.29) is 6.04 Å². The van der Waals surface area contributed by atoms with Crippen LogP contribution in [0.3, 0.4) is 0 Å². The molecule has 4 nitrogen and oxygen atoms in total. The molecule has 1 saturated heterocycles. The first-order chi connectivity index (χ1) is 7.30. The summed E-state index contributed by atoms with van der Waals surface area (Å²) in [6.07, 6.45) is -0.0375. The van der Waals surface area contributed by atoms with E-state index in [1.54, 1.807) is 0 Å². The Bertz CT molecular complexity index is 313. The topological polar surface area (TPSA) is 49.4 Å². The predicted octanol–water partition coefficient (Wildman–Crippen LogP) is 0.654. The maximum Gasteiger partial charge on any atom is 0.253 e. The molecule has 1 heterocycles. The third-order valence-electron chi connectivity index (χ3n) is 2.80. The highest BCUT2D eigenvalue weighted by Gasteiger charge is 2.27. The van der Waals surface area contributed by atoms with Gasteiger partial charge in [-0.05, 0) is 19.8 Å². The van der Waals surface area contributed by atoms with Crippen molar-refractivity contribution in [1.82, 2.24) is 9.62 Å². The van der Waals surface area contributed by atoms with E-state index in [2.05, 4.69) is 5.32 Å². The molecule has 0 saturated carbocycles. The van der Waals surface area contributed by atoms with Gasteiger partial charge in [-0.15, -0.1) is 0 Å². The molecule has 1 rings (SSSR count). The molecule has 1 aliphatic rings. The van der Waals surface area contributed by atoms with Crippen molar-refractivity contribution < 1.29 is 17.2 Å². The van der Waals surface area contributed by atoms with Crippen LogP contribution in [0.2, 0.25) is 0 Å². The highest BCUT2D eigenvalue weighted by atomic mass is 32.2. The van der Waals surface area contributed by atoms with Crippen molar-refractivity contribution in [2.24, 2.45) is 0 Å². The van der Waals surface area contributed by atoms with Crippen LogP contribution in [0.15, 0.2) is 0 Å². The summed E-state index contributed by atoms with van der Waals surface area (Å²) in [4.78, 5) is 0. The first-order valence-corrected chi connectivity index (χ1v) is 7.15. The van der Waals surface area contributed by atoms with Gasteiger partial charge in [0.25, 0.3) is 6.43 Å². The van der Waals surface area contributed by atoms with Gasteiger partial charge in [0, 0.05) is 19.1 Å². The minimum atomic E-state index is -3.14. The van der Waals surface area contributed by atoms with Gasteiger partial charge in [0.2, 0.25) is 10.0 Å². The molecule has 1 N–H and O–H groups in total. The molecular weight excluding hydrogens is 238 g/mol. The molecule has 1 aliphatic heterocycles. The zero-order valence-electron chi connectivity index (χ0n) is 9.49. The zero-order chi connectivity index (χ0) is 12.3. The summed E-state index contributed by atoms with van der Waals surface area (Å²) >= 11 is 0. The Balaban J connectivity index is 2.38. The second-order valence-corrected chi connectivity index (χ2v) is 6.21. The van der Waals surface area contributed by atoms with E-state index >= 15 is 0 Å². The van der Waals surface area contributed by atoms with Gasteiger partial charge in [-0.1, -0.05) is 0 Å². The van der Waals surface area contributed by atoms with Crippen LogP contribution in [0.5, 0.6) is 0 Å². The first-order valence-electron chi connectivity index (χ1n) is 5.30. The second kappa shape index (κ2) is 5.37. The van der Waals surface area contributed by atoms with Crippen LogP contribution in [0.25, 0.3) is 0 Å². The normalized spacial score (nSPS) is 22.6. The van der Waals surface area contributed by atoms with Crippen LogP contribution in [0.1, 0.15) is 19.8 Å². The van der Waals surface area contributed by atoms with E-state index in [1.807, 2.05) is 0 Å². The summed E-state index contributed by atoms with van der Waals surface area (Å²) in [7, 11) is -3.14. The SMILES string of the molecule is CC(NC1CCN(S(C)(=O)=O)CC1)C(F)F. The van der Waals surface area contributed by atoms with Crippen molar-refractivity contribution in [2.75, 3.05) is 19.3 Å². The number of nitrogens with one attached hydrogen (secondary N) is 1. The van der Waals surface area contributed by atoms with Crippen LogP contribution in [-0.4, -0.2) is 50.6 Å². The number of hydrogen-bond acceptors (Lipinski definition) is 3. The Morgan fingerprint density at radius 2 is 1.81 bits per heavy atom. The third-order valence-corrected chi connectivity index (χ3v) is 4.10. The summed E-state index contributed by atoms with van der Waals surface area (Å²) in [6.45, 7) is 2.26. The molecular formula is C9H18F2N2O2S. The molecule has 1 unspecified atom stereocenters. The van der Waals surface area contributed by atoms with Crippen molar-refractivity contribution >= 4 is 10.0 Å². The van der Waals surface area contributed by atoms with E-state index in [4.69, 9.17) is 0 Å². The Labute approximate surface area is 95.1 Å². The lowest BCUT2D eigenvalue weighted by molar-refractivity contribution is 0.0947.